The Morgan fingerprint density at radius 2 is 1.97 bits per heavy atom. The standard InChI is InChI=1S/C17H20Cl2N4O5S2/c1-7-11(18)12(19)13(20-7)15(24)22-9-4-5-23(6-10(9)30(3,27)28)17-21-8(2)14(29-17)16(25)26/h9-10,20H,4-6H2,1-3H3,(H,22,24)(H,25,26). The molecule has 30 heavy (non-hydrogen) atoms. The number of halogens is 2. The van der Waals surface area contributed by atoms with Crippen molar-refractivity contribution in [2.45, 2.75) is 31.6 Å². The van der Waals surface area contributed by atoms with Crippen LogP contribution in [0.5, 0.6) is 0 Å². The predicted molar refractivity (Wildman–Crippen MR) is 116 cm³/mol. The Bertz CT molecular complexity index is 1110. The maximum Gasteiger partial charge on any atom is 0.347 e. The van der Waals surface area contributed by atoms with E-state index in [9.17, 15) is 23.1 Å². The lowest BCUT2D eigenvalue weighted by Gasteiger charge is -2.37. The average Bonchev–Trinajstić information content (AvgIpc) is 3.16. The van der Waals surface area contributed by atoms with Gasteiger partial charge in [0.2, 0.25) is 0 Å². The van der Waals surface area contributed by atoms with Crippen LogP contribution < -0.4 is 10.2 Å². The molecule has 3 rings (SSSR count). The first-order valence-electron chi connectivity index (χ1n) is 8.89. The van der Waals surface area contributed by atoms with Gasteiger partial charge >= 0.3 is 5.97 Å². The number of rotatable bonds is 5. The number of carbonyl (C=O) groups excluding carboxylic acids is 1. The molecule has 9 nitrogen and oxygen atoms in total. The molecule has 1 amide bonds. The van der Waals surface area contributed by atoms with Crippen LogP contribution in [-0.2, 0) is 9.84 Å². The van der Waals surface area contributed by atoms with Crippen LogP contribution in [0.4, 0.5) is 5.13 Å². The SMILES string of the molecule is Cc1nc(N2CCC(NC(=O)c3[nH]c(C)c(Cl)c3Cl)C(S(C)(=O)=O)C2)sc1C(=O)O. The largest absolute Gasteiger partial charge is 0.477 e. The zero-order chi connectivity index (χ0) is 22.4. The molecule has 1 saturated heterocycles. The van der Waals surface area contributed by atoms with E-state index in [-0.39, 0.29) is 27.2 Å². The quantitative estimate of drug-likeness (QED) is 0.581. The van der Waals surface area contributed by atoms with E-state index in [1.54, 1.807) is 18.7 Å². The van der Waals surface area contributed by atoms with Crippen LogP contribution in [-0.4, -0.2) is 66.0 Å². The fourth-order valence-electron chi connectivity index (χ4n) is 3.37. The lowest BCUT2D eigenvalue weighted by atomic mass is 10.0. The highest BCUT2D eigenvalue weighted by Gasteiger charge is 2.38. The number of carboxylic acid groups (broad SMARTS) is 1. The van der Waals surface area contributed by atoms with E-state index in [4.69, 9.17) is 23.2 Å². The number of sulfone groups is 1. The van der Waals surface area contributed by atoms with E-state index in [1.807, 2.05) is 0 Å². The normalized spacial score (nSPS) is 19.7. The number of hydrogen-bond donors (Lipinski definition) is 3. The third-order valence-electron chi connectivity index (χ3n) is 4.96. The van der Waals surface area contributed by atoms with Gasteiger partial charge in [0.15, 0.2) is 15.0 Å². The van der Waals surface area contributed by atoms with E-state index in [0.717, 1.165) is 17.6 Å². The van der Waals surface area contributed by atoms with Crippen LogP contribution in [0.25, 0.3) is 0 Å². The summed E-state index contributed by atoms with van der Waals surface area (Å²) in [7, 11) is -3.54. The molecule has 2 atom stereocenters. The molecule has 0 saturated carbocycles. The second-order valence-electron chi connectivity index (χ2n) is 7.15. The number of aryl methyl sites for hydroxylation is 2. The van der Waals surface area contributed by atoms with Crippen LogP contribution in [0, 0.1) is 13.8 Å². The van der Waals surface area contributed by atoms with Gasteiger partial charge in [-0.05, 0) is 20.3 Å². The van der Waals surface area contributed by atoms with Crippen LogP contribution in [0.3, 0.4) is 0 Å². The van der Waals surface area contributed by atoms with E-state index >= 15 is 0 Å². The molecule has 0 radical (unpaired) electrons. The number of amides is 1. The molecule has 2 aromatic heterocycles. The smallest absolute Gasteiger partial charge is 0.347 e. The molecule has 0 aromatic carbocycles. The maximum atomic E-state index is 12.7. The zero-order valence-electron chi connectivity index (χ0n) is 16.3. The number of carbonyl (C=O) groups is 2. The van der Waals surface area contributed by atoms with E-state index < -0.39 is 33.0 Å². The number of aromatic amines is 1. The van der Waals surface area contributed by atoms with Crippen LogP contribution in [0.2, 0.25) is 10.0 Å². The van der Waals surface area contributed by atoms with Gasteiger partial charge in [0.1, 0.15) is 10.6 Å². The van der Waals surface area contributed by atoms with Gasteiger partial charge in [-0.1, -0.05) is 34.5 Å². The number of hydrogen-bond acceptors (Lipinski definition) is 7. The van der Waals surface area contributed by atoms with Crippen molar-refractivity contribution in [3.05, 3.63) is 32.0 Å². The Hall–Kier alpha value is -1.82. The summed E-state index contributed by atoms with van der Waals surface area (Å²) in [5.41, 5.74) is 0.993. The minimum Gasteiger partial charge on any atom is -0.477 e. The summed E-state index contributed by atoms with van der Waals surface area (Å²) in [5, 5.41) is 11.8. The highest BCUT2D eigenvalue weighted by Crippen LogP contribution is 2.31. The predicted octanol–water partition coefficient (Wildman–Crippen LogP) is 2.51. The molecule has 0 bridgehead atoms. The van der Waals surface area contributed by atoms with E-state index in [1.165, 1.54) is 0 Å². The number of anilines is 1. The molecule has 3 heterocycles. The summed E-state index contributed by atoms with van der Waals surface area (Å²) in [5.74, 6) is -1.62. The second kappa shape index (κ2) is 8.37. The van der Waals surface area contributed by atoms with Crippen molar-refractivity contribution < 1.29 is 23.1 Å². The Labute approximate surface area is 187 Å². The molecule has 164 valence electrons. The summed E-state index contributed by atoms with van der Waals surface area (Å²) in [6.07, 6.45) is 1.44. The number of nitrogens with one attached hydrogen (secondary N) is 2. The minimum absolute atomic E-state index is 0.0774. The van der Waals surface area contributed by atoms with Crippen molar-refractivity contribution in [3.63, 3.8) is 0 Å². The lowest BCUT2D eigenvalue weighted by molar-refractivity contribution is 0.0700. The van der Waals surface area contributed by atoms with Gasteiger partial charge in [-0.3, -0.25) is 4.79 Å². The Morgan fingerprint density at radius 3 is 2.47 bits per heavy atom. The highest BCUT2D eigenvalue weighted by atomic mass is 35.5. The Morgan fingerprint density at radius 1 is 1.30 bits per heavy atom. The number of aromatic carboxylic acids is 1. The number of thiazole rings is 1. The monoisotopic (exact) mass is 494 g/mol. The molecule has 0 aliphatic carbocycles. The first-order valence-corrected chi connectivity index (χ1v) is 12.4. The van der Waals surface area contributed by atoms with Gasteiger partial charge in [0.05, 0.1) is 21.0 Å². The van der Waals surface area contributed by atoms with Gasteiger partial charge in [-0.25, -0.2) is 18.2 Å². The highest BCUT2D eigenvalue weighted by molar-refractivity contribution is 7.91. The van der Waals surface area contributed by atoms with Crippen molar-refractivity contribution in [1.29, 1.82) is 0 Å². The van der Waals surface area contributed by atoms with Crippen molar-refractivity contribution in [2.24, 2.45) is 0 Å². The molecule has 1 fully saturated rings. The first kappa shape index (κ1) is 22.9. The number of carboxylic acids is 1. The average molecular weight is 495 g/mol. The molecule has 3 N–H and O–H groups in total. The molecule has 2 aromatic rings. The van der Waals surface area contributed by atoms with Crippen molar-refractivity contribution >= 4 is 61.4 Å². The van der Waals surface area contributed by atoms with Crippen molar-refractivity contribution in [3.8, 4) is 0 Å². The van der Waals surface area contributed by atoms with Crippen LogP contribution in [0.1, 0.15) is 38.0 Å². The number of nitrogens with zero attached hydrogens (tertiary/aromatic N) is 2. The van der Waals surface area contributed by atoms with Gasteiger partial charge in [0, 0.05) is 31.1 Å². The van der Waals surface area contributed by atoms with Crippen molar-refractivity contribution in [1.82, 2.24) is 15.3 Å². The second-order valence-corrected chi connectivity index (χ2v) is 11.1. The summed E-state index contributed by atoms with van der Waals surface area (Å²) < 4.78 is 24.9. The number of aromatic nitrogens is 2. The van der Waals surface area contributed by atoms with E-state index in [0.29, 0.717) is 29.5 Å². The summed E-state index contributed by atoms with van der Waals surface area (Å²) in [6.45, 7) is 3.75. The summed E-state index contributed by atoms with van der Waals surface area (Å²) >= 11 is 13.1. The van der Waals surface area contributed by atoms with Crippen LogP contribution in [0.15, 0.2) is 0 Å². The maximum absolute atomic E-state index is 12.7. The molecule has 1 aliphatic rings. The number of piperidine rings is 1. The fraction of sp³-hybridized carbons (Fsp3) is 0.471. The summed E-state index contributed by atoms with van der Waals surface area (Å²) in [6, 6.07) is -0.651. The molecule has 1 aliphatic heterocycles. The Kier molecular flexibility index (Phi) is 6.38. The zero-order valence-corrected chi connectivity index (χ0v) is 19.5. The number of H-pyrrole nitrogens is 1. The van der Waals surface area contributed by atoms with Gasteiger partial charge in [-0.15, -0.1) is 0 Å². The van der Waals surface area contributed by atoms with Crippen molar-refractivity contribution in [2.75, 3.05) is 24.2 Å². The first-order chi connectivity index (χ1) is 13.9. The fourth-order valence-corrected chi connectivity index (χ4v) is 5.98. The molecular weight excluding hydrogens is 475 g/mol. The van der Waals surface area contributed by atoms with Gasteiger partial charge in [0.25, 0.3) is 5.91 Å². The Balaban J connectivity index is 1.82. The van der Waals surface area contributed by atoms with Crippen LogP contribution >= 0.6 is 34.5 Å². The summed E-state index contributed by atoms with van der Waals surface area (Å²) in [4.78, 5) is 32.9. The third-order valence-corrected chi connectivity index (χ3v) is 8.69. The minimum atomic E-state index is -3.54. The third kappa shape index (κ3) is 4.43. The lowest BCUT2D eigenvalue weighted by Crippen LogP contribution is -2.57. The van der Waals surface area contributed by atoms with E-state index in [2.05, 4.69) is 15.3 Å². The van der Waals surface area contributed by atoms with Gasteiger partial charge < -0.3 is 20.3 Å². The molecule has 2 unspecified atom stereocenters. The topological polar surface area (TPSA) is 132 Å². The van der Waals surface area contributed by atoms with Gasteiger partial charge in [-0.2, -0.15) is 0 Å². The molecular formula is C17H20Cl2N4O5S2. The molecule has 0 spiro atoms. The molecule has 13 heteroatoms.